The van der Waals surface area contributed by atoms with Gasteiger partial charge in [-0.2, -0.15) is 4.99 Å². The number of rotatable bonds is 3. The number of quaternary nitrogens is 1. The van der Waals surface area contributed by atoms with E-state index in [2.05, 4.69) is 26.9 Å². The summed E-state index contributed by atoms with van der Waals surface area (Å²) in [6.07, 6.45) is 4.65. The molecule has 1 aromatic heterocycles. The van der Waals surface area contributed by atoms with Gasteiger partial charge in [0.2, 0.25) is 0 Å². The van der Waals surface area contributed by atoms with Gasteiger partial charge in [0.1, 0.15) is 6.21 Å². The molecule has 0 spiro atoms. The zero-order chi connectivity index (χ0) is 21.3. The first-order valence-corrected chi connectivity index (χ1v) is 9.61. The molecule has 150 valence electrons. The van der Waals surface area contributed by atoms with Gasteiger partial charge in [-0.3, -0.25) is 0 Å². The molecule has 2 aliphatic rings. The van der Waals surface area contributed by atoms with Crippen LogP contribution in [-0.2, 0) is 5.60 Å². The second-order valence-electron chi connectivity index (χ2n) is 7.07. The molecule has 0 amide bonds. The monoisotopic (exact) mass is 408 g/mol. The minimum Gasteiger partial charge on any atom is -0.461 e. The van der Waals surface area contributed by atoms with Crippen LogP contribution in [0.5, 0.6) is 0 Å². The third-order valence-electron chi connectivity index (χ3n) is 4.98. The second-order valence-corrected chi connectivity index (χ2v) is 7.07. The average molecular weight is 408 g/mol. The molecule has 0 saturated heterocycles. The highest BCUT2D eigenvalue weighted by Gasteiger charge is 2.40. The van der Waals surface area contributed by atoms with E-state index in [-0.39, 0.29) is 0 Å². The number of allylic oxidation sites excluding steroid dienone is 1. The zero-order valence-corrected chi connectivity index (χ0v) is 16.4. The summed E-state index contributed by atoms with van der Waals surface area (Å²) in [4.78, 5) is 8.74. The minimum atomic E-state index is -1.51. The van der Waals surface area contributed by atoms with Crippen LogP contribution in [-0.4, -0.2) is 27.7 Å². The summed E-state index contributed by atoms with van der Waals surface area (Å²) in [5.41, 5.74) is 0.177. The molecule has 0 saturated carbocycles. The van der Waals surface area contributed by atoms with Gasteiger partial charge in [0.15, 0.2) is 23.3 Å². The number of hydrogen-bond donors (Lipinski definition) is 2. The predicted octanol–water partition coefficient (Wildman–Crippen LogP) is 2.91. The normalized spacial score (nSPS) is 19.6. The van der Waals surface area contributed by atoms with E-state index in [4.69, 9.17) is 10.3 Å². The van der Waals surface area contributed by atoms with Crippen molar-refractivity contribution in [2.75, 3.05) is 0 Å². The molecular weight excluding hydrogens is 390 g/mol. The van der Waals surface area contributed by atoms with Crippen molar-refractivity contribution in [1.29, 1.82) is 0 Å². The molecule has 3 aromatic rings. The molecule has 2 aliphatic heterocycles. The van der Waals surface area contributed by atoms with Gasteiger partial charge in [-0.1, -0.05) is 66.6 Å². The third kappa shape index (κ3) is 3.41. The van der Waals surface area contributed by atoms with Crippen LogP contribution in [0.3, 0.4) is 0 Å². The summed E-state index contributed by atoms with van der Waals surface area (Å²) >= 11 is 0. The Bertz CT molecular complexity index is 1260. The quantitative estimate of drug-likeness (QED) is 0.396. The van der Waals surface area contributed by atoms with E-state index in [1.54, 1.807) is 24.6 Å². The molecule has 1 unspecified atom stereocenters. The van der Waals surface area contributed by atoms with Crippen molar-refractivity contribution in [2.45, 2.75) is 5.60 Å². The summed E-state index contributed by atoms with van der Waals surface area (Å²) in [5.74, 6) is 13.7. The summed E-state index contributed by atoms with van der Waals surface area (Å²) in [6.45, 7) is 0. The number of nitrogens with two attached hydrogens (primary N) is 1. The molecular formula is C24H18N5O2+. The van der Waals surface area contributed by atoms with Gasteiger partial charge in [0.05, 0.1) is 6.26 Å². The fourth-order valence-corrected chi connectivity index (χ4v) is 3.38. The lowest BCUT2D eigenvalue weighted by atomic mass is 9.87. The second kappa shape index (κ2) is 7.31. The smallest absolute Gasteiger partial charge is 0.300 e. The first-order valence-electron chi connectivity index (χ1n) is 9.61. The van der Waals surface area contributed by atoms with Crippen molar-refractivity contribution in [3.8, 4) is 11.8 Å². The Kier molecular flexibility index (Phi) is 4.46. The summed E-state index contributed by atoms with van der Waals surface area (Å²) < 4.78 is 4.94. The molecule has 31 heavy (non-hydrogen) atoms. The number of furan rings is 1. The highest BCUT2D eigenvalue weighted by molar-refractivity contribution is 6.31. The van der Waals surface area contributed by atoms with Gasteiger partial charge < -0.3 is 9.52 Å². The van der Waals surface area contributed by atoms with E-state index in [1.807, 2.05) is 60.7 Å². The van der Waals surface area contributed by atoms with Crippen LogP contribution in [0.1, 0.15) is 16.9 Å². The molecule has 0 fully saturated rings. The van der Waals surface area contributed by atoms with Crippen molar-refractivity contribution in [1.82, 2.24) is 0 Å². The average Bonchev–Trinajstić information content (AvgIpc) is 3.46. The van der Waals surface area contributed by atoms with Crippen molar-refractivity contribution in [2.24, 2.45) is 20.9 Å². The molecule has 1 atom stereocenters. The number of amidine groups is 2. The molecule has 0 bridgehead atoms. The first kappa shape index (κ1) is 18.9. The van der Waals surface area contributed by atoms with E-state index >= 15 is 0 Å². The highest BCUT2D eigenvalue weighted by atomic mass is 16.3. The van der Waals surface area contributed by atoms with Gasteiger partial charge in [0.25, 0.3) is 11.7 Å². The molecule has 7 nitrogen and oxygen atoms in total. The lowest BCUT2D eigenvalue weighted by molar-refractivity contribution is -0.803. The standard InChI is InChI=1S/C24H18N5O2/c25-29-17-20(26-16-22(29)27-23(28-29)21-12-7-15-31-21)13-14-24(30,18-8-3-1-4-9-18)19-10-5-2-6-11-19/h1-12,15-17,30H,25H2/q+1. The maximum absolute atomic E-state index is 11.6. The fourth-order valence-electron chi connectivity index (χ4n) is 3.38. The van der Waals surface area contributed by atoms with E-state index < -0.39 is 10.3 Å². The summed E-state index contributed by atoms with van der Waals surface area (Å²) in [5, 5.41) is 16.0. The van der Waals surface area contributed by atoms with E-state index in [0.717, 1.165) is 0 Å². The Morgan fingerprint density at radius 3 is 2.23 bits per heavy atom. The number of fused-ring (bicyclic) bond motifs is 1. The van der Waals surface area contributed by atoms with Gasteiger partial charge in [0, 0.05) is 11.1 Å². The van der Waals surface area contributed by atoms with Crippen LogP contribution < -0.4 is 5.84 Å². The van der Waals surface area contributed by atoms with Crippen molar-refractivity contribution >= 4 is 17.9 Å². The lowest BCUT2D eigenvalue weighted by Gasteiger charge is -2.23. The number of nitrogens with zero attached hydrogens (tertiary/aromatic N) is 4. The van der Waals surface area contributed by atoms with Crippen LogP contribution in [0.25, 0.3) is 0 Å². The van der Waals surface area contributed by atoms with E-state index in [9.17, 15) is 5.11 Å². The van der Waals surface area contributed by atoms with E-state index in [1.165, 1.54) is 6.21 Å². The van der Waals surface area contributed by atoms with Crippen LogP contribution in [0, 0.1) is 11.8 Å². The van der Waals surface area contributed by atoms with E-state index in [0.29, 0.717) is 34.3 Å². The van der Waals surface area contributed by atoms with Gasteiger partial charge in [-0.25, -0.2) is 4.99 Å². The lowest BCUT2D eigenvalue weighted by Crippen LogP contribution is -2.50. The van der Waals surface area contributed by atoms with Crippen LogP contribution >= 0.6 is 0 Å². The van der Waals surface area contributed by atoms with Gasteiger partial charge >= 0.3 is 0 Å². The highest BCUT2D eigenvalue weighted by Crippen LogP contribution is 2.29. The van der Waals surface area contributed by atoms with Gasteiger partial charge in [-0.05, 0) is 27.9 Å². The van der Waals surface area contributed by atoms with Crippen LogP contribution in [0.4, 0.5) is 0 Å². The fraction of sp³-hybridized carbons (Fsp3) is 0.0417. The Balaban J connectivity index is 1.54. The Hall–Kier alpha value is -4.09. The van der Waals surface area contributed by atoms with Crippen molar-refractivity contribution < 1.29 is 14.2 Å². The number of aliphatic imine (C=N–C) groups is 2. The SMILES string of the molecule is N[N+]12C=C(C#CC(O)(c3ccccc3)c3ccccc3)N=CC1=NC(c1ccco1)=N2. The molecule has 2 aromatic carbocycles. The molecule has 7 heteroatoms. The Morgan fingerprint density at radius 1 is 0.935 bits per heavy atom. The zero-order valence-electron chi connectivity index (χ0n) is 16.4. The molecule has 0 radical (unpaired) electrons. The Morgan fingerprint density at radius 2 is 1.61 bits per heavy atom. The maximum Gasteiger partial charge on any atom is 0.300 e. The van der Waals surface area contributed by atoms with Crippen LogP contribution in [0.15, 0.2) is 110 Å². The molecule has 3 N–H and O–H groups in total. The molecule has 0 aliphatic carbocycles. The summed E-state index contributed by atoms with van der Waals surface area (Å²) in [6, 6.07) is 22.1. The first-order chi connectivity index (χ1) is 15.1. The minimum absolute atomic E-state index is 0.371. The number of aliphatic hydroxyl groups is 1. The van der Waals surface area contributed by atoms with Crippen molar-refractivity contribution in [3.05, 3.63) is 108 Å². The topological polar surface area (TPSA) is 96.5 Å². The molecule has 5 rings (SSSR count). The van der Waals surface area contributed by atoms with Gasteiger partial charge in [-0.15, -0.1) is 5.84 Å². The van der Waals surface area contributed by atoms with Crippen molar-refractivity contribution in [3.63, 3.8) is 0 Å². The predicted molar refractivity (Wildman–Crippen MR) is 117 cm³/mol. The Labute approximate surface area is 178 Å². The molecule has 3 heterocycles. The third-order valence-corrected chi connectivity index (χ3v) is 4.98. The number of benzene rings is 2. The largest absolute Gasteiger partial charge is 0.461 e. The number of hydrogen-bond acceptors (Lipinski definition) is 6. The maximum atomic E-state index is 11.6. The summed E-state index contributed by atoms with van der Waals surface area (Å²) in [7, 11) is 0. The van der Waals surface area contributed by atoms with Crippen LogP contribution in [0.2, 0.25) is 0 Å².